The van der Waals surface area contributed by atoms with Gasteiger partial charge in [-0.1, -0.05) is 12.1 Å². The van der Waals surface area contributed by atoms with E-state index in [4.69, 9.17) is 4.74 Å². The second-order valence-corrected chi connectivity index (χ2v) is 13.8. The van der Waals surface area contributed by atoms with Gasteiger partial charge in [0.1, 0.15) is 5.82 Å². The Balaban J connectivity index is 1.07. The second-order valence-electron chi connectivity index (χ2n) is 12.1. The summed E-state index contributed by atoms with van der Waals surface area (Å²) in [5.74, 6) is 0.967. The van der Waals surface area contributed by atoms with Gasteiger partial charge >= 0.3 is 0 Å². The summed E-state index contributed by atoms with van der Waals surface area (Å²) in [6.07, 6.45) is 6.23. The number of benzene rings is 1. The molecule has 1 aromatic heterocycles. The molecule has 2 unspecified atom stereocenters. The van der Waals surface area contributed by atoms with Crippen molar-refractivity contribution in [1.29, 1.82) is 0 Å². The number of aromatic nitrogens is 2. The molecule has 1 N–H and O–H groups in total. The molecular weight excluding hydrogens is 519 g/mol. The van der Waals surface area contributed by atoms with Crippen LogP contribution in [0.3, 0.4) is 0 Å². The van der Waals surface area contributed by atoms with Crippen LogP contribution in [-0.2, 0) is 14.9 Å². The number of nitrogens with one attached hydrogen (secondary N) is 1. The van der Waals surface area contributed by atoms with Crippen molar-refractivity contribution < 1.29 is 17.5 Å². The minimum absolute atomic E-state index is 0.0125. The summed E-state index contributed by atoms with van der Waals surface area (Å²) in [5, 5.41) is 8.30. The number of piperidine rings is 1. The predicted molar refractivity (Wildman–Crippen MR) is 147 cm³/mol. The first-order valence-corrected chi connectivity index (χ1v) is 15.6. The summed E-state index contributed by atoms with van der Waals surface area (Å²) in [6, 6.07) is 10.5. The Hall–Kier alpha value is -2.18. The molecule has 11 heteroatoms. The molecule has 0 amide bonds. The lowest BCUT2D eigenvalue weighted by atomic mass is 9.75. The monoisotopic (exact) mass is 558 g/mol. The van der Waals surface area contributed by atoms with E-state index in [0.29, 0.717) is 45.1 Å². The van der Waals surface area contributed by atoms with Gasteiger partial charge in [-0.05, 0) is 74.9 Å². The SMILES string of the molecule is CN1CC2(C1)CN(S(=O)(=O)NC1CCN(c3cccnn3)CC1CO[C@H]1CC[C@@H](c3cccc(F)c3)CC1)C2. The first-order valence-electron chi connectivity index (χ1n) is 14.1. The van der Waals surface area contributed by atoms with Crippen LogP contribution in [-0.4, -0.2) is 92.9 Å². The molecular formula is C28H39FN6O3S. The summed E-state index contributed by atoms with van der Waals surface area (Å²) in [6.45, 7) is 4.96. The summed E-state index contributed by atoms with van der Waals surface area (Å²) >= 11 is 0. The minimum atomic E-state index is -3.56. The van der Waals surface area contributed by atoms with Crippen LogP contribution in [0, 0.1) is 17.2 Å². The Morgan fingerprint density at radius 3 is 2.56 bits per heavy atom. The number of rotatable bonds is 8. The molecule has 2 atom stereocenters. The maximum Gasteiger partial charge on any atom is 0.279 e. The van der Waals surface area contributed by atoms with E-state index >= 15 is 0 Å². The molecule has 39 heavy (non-hydrogen) atoms. The lowest BCUT2D eigenvalue weighted by molar-refractivity contribution is -0.0680. The molecule has 212 valence electrons. The highest BCUT2D eigenvalue weighted by atomic mass is 32.2. The van der Waals surface area contributed by atoms with E-state index in [1.165, 1.54) is 6.07 Å². The molecule has 3 aliphatic heterocycles. The maximum atomic E-state index is 13.7. The molecule has 4 heterocycles. The molecule has 1 aromatic carbocycles. The van der Waals surface area contributed by atoms with E-state index in [2.05, 4.69) is 31.8 Å². The van der Waals surface area contributed by atoms with Gasteiger partial charge in [-0.15, -0.1) is 5.10 Å². The number of hydrogen-bond acceptors (Lipinski definition) is 7. The van der Waals surface area contributed by atoms with Gasteiger partial charge in [-0.2, -0.15) is 22.5 Å². The van der Waals surface area contributed by atoms with Crippen molar-refractivity contribution in [2.45, 2.75) is 50.2 Å². The fourth-order valence-corrected chi connectivity index (χ4v) is 8.78. The topological polar surface area (TPSA) is 90.9 Å². The van der Waals surface area contributed by atoms with Crippen molar-refractivity contribution in [2.75, 3.05) is 57.8 Å². The first kappa shape index (κ1) is 27.0. The number of hydrogen-bond donors (Lipinski definition) is 1. The van der Waals surface area contributed by atoms with Crippen molar-refractivity contribution in [3.8, 4) is 0 Å². The lowest BCUT2D eigenvalue weighted by Gasteiger charge is -2.58. The lowest BCUT2D eigenvalue weighted by Crippen LogP contribution is -2.73. The summed E-state index contributed by atoms with van der Waals surface area (Å²) in [7, 11) is -1.48. The van der Waals surface area contributed by atoms with Crippen molar-refractivity contribution in [2.24, 2.45) is 11.3 Å². The van der Waals surface area contributed by atoms with Crippen molar-refractivity contribution in [1.82, 2.24) is 24.1 Å². The Kier molecular flexibility index (Phi) is 7.62. The first-order chi connectivity index (χ1) is 18.8. The largest absolute Gasteiger partial charge is 0.378 e. The van der Waals surface area contributed by atoms with Gasteiger partial charge in [-0.3, -0.25) is 0 Å². The smallest absolute Gasteiger partial charge is 0.279 e. The van der Waals surface area contributed by atoms with Crippen molar-refractivity contribution in [3.63, 3.8) is 0 Å². The predicted octanol–water partition coefficient (Wildman–Crippen LogP) is 2.64. The number of anilines is 1. The summed E-state index contributed by atoms with van der Waals surface area (Å²) in [5.41, 5.74) is 1.21. The van der Waals surface area contributed by atoms with Gasteiger partial charge < -0.3 is 14.5 Å². The van der Waals surface area contributed by atoms with Crippen molar-refractivity contribution in [3.05, 3.63) is 54.0 Å². The van der Waals surface area contributed by atoms with Crippen LogP contribution in [0.15, 0.2) is 42.6 Å². The third kappa shape index (κ3) is 5.97. The number of ether oxygens (including phenoxy) is 1. The van der Waals surface area contributed by atoms with Crippen LogP contribution >= 0.6 is 0 Å². The molecule has 9 nitrogen and oxygen atoms in total. The average molecular weight is 559 g/mol. The molecule has 0 radical (unpaired) electrons. The molecule has 0 bridgehead atoms. The van der Waals surface area contributed by atoms with Gasteiger partial charge in [-0.25, -0.2) is 4.39 Å². The summed E-state index contributed by atoms with van der Waals surface area (Å²) in [4.78, 5) is 4.41. The Labute approximate surface area is 230 Å². The number of nitrogens with zero attached hydrogens (tertiary/aromatic N) is 5. The van der Waals surface area contributed by atoms with Crippen molar-refractivity contribution >= 4 is 16.0 Å². The van der Waals surface area contributed by atoms with E-state index < -0.39 is 10.2 Å². The third-order valence-electron chi connectivity index (χ3n) is 9.03. The molecule has 3 saturated heterocycles. The van der Waals surface area contributed by atoms with E-state index in [1.54, 1.807) is 22.6 Å². The number of halogens is 1. The molecule has 1 aliphatic carbocycles. The normalized spacial score (nSPS) is 29.6. The molecule has 6 rings (SSSR count). The zero-order chi connectivity index (χ0) is 27.0. The van der Waals surface area contributed by atoms with Gasteiger partial charge in [0.05, 0.1) is 12.7 Å². The highest BCUT2D eigenvalue weighted by Gasteiger charge is 2.54. The van der Waals surface area contributed by atoms with Gasteiger partial charge in [0, 0.05) is 62.8 Å². The van der Waals surface area contributed by atoms with E-state index in [1.807, 2.05) is 18.2 Å². The molecule has 1 saturated carbocycles. The zero-order valence-corrected chi connectivity index (χ0v) is 23.4. The van der Waals surface area contributed by atoms with Crippen LogP contribution in [0.5, 0.6) is 0 Å². The van der Waals surface area contributed by atoms with Crippen LogP contribution in [0.25, 0.3) is 0 Å². The zero-order valence-electron chi connectivity index (χ0n) is 22.6. The van der Waals surface area contributed by atoms with Crippen LogP contribution in [0.4, 0.5) is 10.2 Å². The average Bonchev–Trinajstić information content (AvgIpc) is 2.90. The molecule has 2 aromatic rings. The highest BCUT2D eigenvalue weighted by molar-refractivity contribution is 7.87. The highest BCUT2D eigenvalue weighted by Crippen LogP contribution is 2.40. The molecule has 4 fully saturated rings. The molecule has 4 aliphatic rings. The van der Waals surface area contributed by atoms with E-state index in [-0.39, 0.29) is 29.3 Å². The van der Waals surface area contributed by atoms with Crippen LogP contribution in [0.1, 0.15) is 43.6 Å². The maximum absolute atomic E-state index is 13.7. The van der Waals surface area contributed by atoms with Crippen LogP contribution < -0.4 is 9.62 Å². The second kappa shape index (κ2) is 11.0. The quantitative estimate of drug-likeness (QED) is 0.533. The fraction of sp³-hybridized carbons (Fsp3) is 0.643. The Morgan fingerprint density at radius 1 is 1.08 bits per heavy atom. The van der Waals surface area contributed by atoms with Gasteiger partial charge in [0.25, 0.3) is 10.2 Å². The van der Waals surface area contributed by atoms with Crippen LogP contribution in [0.2, 0.25) is 0 Å². The fourth-order valence-electron chi connectivity index (χ4n) is 7.05. The van der Waals surface area contributed by atoms with E-state index in [0.717, 1.165) is 50.2 Å². The Bertz CT molecular complexity index is 1230. The standard InChI is InChI=1S/C28H39FN6O3S/c1-33-17-28(18-33)19-35(20-28)39(36,37)32-26-11-13-34(27-6-3-12-30-31-27)15-23(26)16-38-25-9-7-21(8-10-25)22-4-2-5-24(29)14-22/h2-6,12,14,21,23,25-26,32H,7-11,13,15-20H2,1H3/t21-,23?,25+,26?. The molecule has 1 spiro atoms. The van der Waals surface area contributed by atoms with Gasteiger partial charge in [0.2, 0.25) is 0 Å². The number of likely N-dealkylation sites (tertiary alicyclic amines) is 1. The minimum Gasteiger partial charge on any atom is -0.378 e. The summed E-state index contributed by atoms with van der Waals surface area (Å²) < 4.78 is 51.3. The third-order valence-corrected chi connectivity index (χ3v) is 10.6. The van der Waals surface area contributed by atoms with E-state index in [9.17, 15) is 12.8 Å². The Morgan fingerprint density at radius 2 is 1.87 bits per heavy atom. The van der Waals surface area contributed by atoms with Gasteiger partial charge in [0.15, 0.2) is 5.82 Å².